The fraction of sp³-hybridized carbons (Fsp3) is 0.800. The minimum atomic E-state index is -0.112. The molecule has 14 heavy (non-hydrogen) atoms. The molecule has 1 saturated heterocycles. The van der Waals surface area contributed by atoms with Crippen molar-refractivity contribution in [1.29, 1.82) is 0 Å². The van der Waals surface area contributed by atoms with Crippen LogP contribution in [0.15, 0.2) is 0 Å². The molecule has 1 aliphatic heterocycles. The summed E-state index contributed by atoms with van der Waals surface area (Å²) in [5.74, 6) is 0.436. The molecule has 0 aromatic rings. The summed E-state index contributed by atoms with van der Waals surface area (Å²) < 4.78 is 0. The third-order valence-corrected chi connectivity index (χ3v) is 2.80. The van der Waals surface area contributed by atoms with Crippen molar-refractivity contribution in [3.8, 4) is 0 Å². The van der Waals surface area contributed by atoms with E-state index in [-0.39, 0.29) is 11.9 Å². The first-order valence-electron chi connectivity index (χ1n) is 5.19. The zero-order valence-corrected chi connectivity index (χ0v) is 9.86. The first-order chi connectivity index (χ1) is 6.57. The highest BCUT2D eigenvalue weighted by Crippen LogP contribution is 2.14. The molecular formula is C10H18N2OS. The van der Waals surface area contributed by atoms with Gasteiger partial charge in [0.1, 0.15) is 6.04 Å². The maximum absolute atomic E-state index is 11.8. The molecule has 1 aliphatic rings. The lowest BCUT2D eigenvalue weighted by Crippen LogP contribution is -2.34. The largest absolute Gasteiger partial charge is 0.350 e. The molecule has 3 nitrogen and oxygen atoms in total. The van der Waals surface area contributed by atoms with Crippen LogP contribution < -0.4 is 5.32 Å². The lowest BCUT2D eigenvalue weighted by atomic mass is 10.1. The highest BCUT2D eigenvalue weighted by molar-refractivity contribution is 7.80. The molecule has 4 heteroatoms. The van der Waals surface area contributed by atoms with Crippen molar-refractivity contribution in [3.63, 3.8) is 0 Å². The van der Waals surface area contributed by atoms with Gasteiger partial charge in [-0.15, -0.1) is 0 Å². The van der Waals surface area contributed by atoms with Gasteiger partial charge in [0.15, 0.2) is 5.11 Å². The second-order valence-corrected chi connectivity index (χ2v) is 4.40. The van der Waals surface area contributed by atoms with Gasteiger partial charge in [-0.1, -0.05) is 27.2 Å². The van der Waals surface area contributed by atoms with E-state index in [4.69, 9.17) is 12.2 Å². The van der Waals surface area contributed by atoms with Gasteiger partial charge in [0.05, 0.1) is 0 Å². The second-order valence-electron chi connectivity index (χ2n) is 4.01. The zero-order valence-electron chi connectivity index (χ0n) is 9.04. The van der Waals surface area contributed by atoms with Crippen LogP contribution in [0.2, 0.25) is 0 Å². The Balaban J connectivity index is 2.61. The van der Waals surface area contributed by atoms with Crippen molar-refractivity contribution < 1.29 is 4.79 Å². The number of carbonyl (C=O) groups is 1. The van der Waals surface area contributed by atoms with Crippen LogP contribution in [0.3, 0.4) is 0 Å². The van der Waals surface area contributed by atoms with Crippen molar-refractivity contribution in [1.82, 2.24) is 10.2 Å². The maximum atomic E-state index is 11.8. The van der Waals surface area contributed by atoms with E-state index in [9.17, 15) is 4.79 Å². The third kappa shape index (κ3) is 2.23. The number of thiocarbonyl (C=S) groups is 1. The van der Waals surface area contributed by atoms with E-state index in [1.807, 2.05) is 13.8 Å². The van der Waals surface area contributed by atoms with E-state index in [0.29, 0.717) is 11.0 Å². The Morgan fingerprint density at radius 2 is 2.21 bits per heavy atom. The van der Waals surface area contributed by atoms with Crippen molar-refractivity contribution in [2.45, 2.75) is 39.7 Å². The topological polar surface area (TPSA) is 32.3 Å². The Kier molecular flexibility index (Phi) is 3.86. The fourth-order valence-corrected chi connectivity index (χ4v) is 1.83. The predicted molar refractivity (Wildman–Crippen MR) is 61.0 cm³/mol. The number of carbonyl (C=O) groups excluding carboxylic acids is 1. The highest BCUT2D eigenvalue weighted by Gasteiger charge is 2.36. The molecular weight excluding hydrogens is 196 g/mol. The quantitative estimate of drug-likeness (QED) is 0.720. The molecule has 0 bridgehead atoms. The third-order valence-electron chi connectivity index (χ3n) is 2.46. The van der Waals surface area contributed by atoms with Crippen molar-refractivity contribution >= 4 is 23.2 Å². The molecule has 1 N–H and O–H groups in total. The first kappa shape index (κ1) is 11.4. The van der Waals surface area contributed by atoms with Crippen LogP contribution in [0.4, 0.5) is 0 Å². The monoisotopic (exact) mass is 214 g/mol. The highest BCUT2D eigenvalue weighted by atomic mass is 32.1. The zero-order chi connectivity index (χ0) is 10.7. The number of hydrogen-bond acceptors (Lipinski definition) is 2. The average Bonchev–Trinajstić information content (AvgIpc) is 2.40. The van der Waals surface area contributed by atoms with E-state index in [1.54, 1.807) is 4.90 Å². The molecule has 0 aromatic carbocycles. The summed E-state index contributed by atoms with van der Waals surface area (Å²) in [6, 6.07) is -0.112. The maximum Gasteiger partial charge on any atom is 0.251 e. The number of unbranched alkanes of at least 4 members (excludes halogenated alkanes) is 1. The van der Waals surface area contributed by atoms with E-state index in [1.165, 1.54) is 0 Å². The van der Waals surface area contributed by atoms with Gasteiger partial charge < -0.3 is 5.32 Å². The molecule has 1 amide bonds. The number of amides is 1. The molecule has 0 aromatic heterocycles. The van der Waals surface area contributed by atoms with Gasteiger partial charge in [0.2, 0.25) is 0 Å². The van der Waals surface area contributed by atoms with Gasteiger partial charge in [0.25, 0.3) is 5.91 Å². The molecule has 0 saturated carbocycles. The Labute approximate surface area is 90.8 Å². The number of nitrogens with zero attached hydrogens (tertiary/aromatic N) is 1. The van der Waals surface area contributed by atoms with E-state index >= 15 is 0 Å². The second kappa shape index (κ2) is 4.73. The van der Waals surface area contributed by atoms with Gasteiger partial charge in [0, 0.05) is 6.54 Å². The predicted octanol–water partition coefficient (Wildman–Crippen LogP) is 1.53. The SMILES string of the molecule is CCCCN1C(=O)C(C(C)C)NC1=S. The van der Waals surface area contributed by atoms with Crippen LogP contribution in [-0.4, -0.2) is 28.5 Å². The number of nitrogens with one attached hydrogen (secondary N) is 1. The van der Waals surface area contributed by atoms with Crippen molar-refractivity contribution in [2.75, 3.05) is 6.54 Å². The Morgan fingerprint density at radius 3 is 2.64 bits per heavy atom. The summed E-state index contributed by atoms with van der Waals surface area (Å²) >= 11 is 5.12. The normalized spacial score (nSPS) is 22.0. The molecule has 0 radical (unpaired) electrons. The van der Waals surface area contributed by atoms with E-state index < -0.39 is 0 Å². The lowest BCUT2D eigenvalue weighted by Gasteiger charge is -2.14. The Bertz CT molecular complexity index is 240. The molecule has 1 atom stereocenters. The lowest BCUT2D eigenvalue weighted by molar-refractivity contribution is -0.128. The number of hydrogen-bond donors (Lipinski definition) is 1. The van der Waals surface area contributed by atoms with Crippen molar-refractivity contribution in [2.24, 2.45) is 5.92 Å². The van der Waals surface area contributed by atoms with Crippen LogP contribution in [0, 0.1) is 5.92 Å². The Hall–Kier alpha value is -0.640. The summed E-state index contributed by atoms with van der Waals surface area (Å²) in [4.78, 5) is 13.5. The van der Waals surface area contributed by atoms with Crippen molar-refractivity contribution in [3.05, 3.63) is 0 Å². The summed E-state index contributed by atoms with van der Waals surface area (Å²) in [6.45, 7) is 6.92. The molecule has 0 aliphatic carbocycles. The summed E-state index contributed by atoms with van der Waals surface area (Å²) in [5.41, 5.74) is 0. The van der Waals surface area contributed by atoms with Crippen LogP contribution in [-0.2, 0) is 4.79 Å². The standard InChI is InChI=1S/C10H18N2OS/c1-4-5-6-12-9(13)8(7(2)3)11-10(12)14/h7-8H,4-6H2,1-3H3,(H,11,14). The van der Waals surface area contributed by atoms with Crippen LogP contribution in [0.5, 0.6) is 0 Å². The smallest absolute Gasteiger partial charge is 0.251 e. The van der Waals surface area contributed by atoms with E-state index in [0.717, 1.165) is 19.4 Å². The fourth-order valence-electron chi connectivity index (χ4n) is 1.52. The molecule has 1 rings (SSSR count). The first-order valence-corrected chi connectivity index (χ1v) is 5.60. The van der Waals surface area contributed by atoms with Gasteiger partial charge in [-0.05, 0) is 24.6 Å². The van der Waals surface area contributed by atoms with Crippen LogP contribution in [0.25, 0.3) is 0 Å². The summed E-state index contributed by atoms with van der Waals surface area (Å²) in [7, 11) is 0. The summed E-state index contributed by atoms with van der Waals surface area (Å²) in [5, 5.41) is 3.67. The van der Waals surface area contributed by atoms with Gasteiger partial charge in [-0.3, -0.25) is 9.69 Å². The van der Waals surface area contributed by atoms with Crippen LogP contribution >= 0.6 is 12.2 Å². The Morgan fingerprint density at radius 1 is 1.57 bits per heavy atom. The van der Waals surface area contributed by atoms with Gasteiger partial charge in [-0.25, -0.2) is 0 Å². The molecule has 1 heterocycles. The molecule has 80 valence electrons. The molecule has 0 spiro atoms. The molecule has 1 fully saturated rings. The summed E-state index contributed by atoms with van der Waals surface area (Å²) in [6.07, 6.45) is 2.09. The molecule has 1 unspecified atom stereocenters. The van der Waals surface area contributed by atoms with E-state index in [2.05, 4.69) is 12.2 Å². The minimum Gasteiger partial charge on any atom is -0.350 e. The van der Waals surface area contributed by atoms with Gasteiger partial charge >= 0.3 is 0 Å². The average molecular weight is 214 g/mol. The van der Waals surface area contributed by atoms with Gasteiger partial charge in [-0.2, -0.15) is 0 Å². The minimum absolute atomic E-state index is 0.112. The number of rotatable bonds is 4. The van der Waals surface area contributed by atoms with Crippen LogP contribution in [0.1, 0.15) is 33.6 Å².